The van der Waals surface area contributed by atoms with Gasteiger partial charge in [-0.3, -0.25) is 4.79 Å². The molecule has 5 nitrogen and oxygen atoms in total. The number of nitrogens with one attached hydrogen (secondary N) is 2. The molecule has 1 rings (SSSR count). The molecule has 0 saturated carbocycles. The van der Waals surface area contributed by atoms with Crippen LogP contribution in [0.25, 0.3) is 0 Å². The molecule has 0 radical (unpaired) electrons. The van der Waals surface area contributed by atoms with E-state index in [9.17, 15) is 4.79 Å². The highest BCUT2D eigenvalue weighted by molar-refractivity contribution is 5.91. The largest absolute Gasteiger partial charge is 0.459 e. The summed E-state index contributed by atoms with van der Waals surface area (Å²) in [6, 6.07) is 3.27. The van der Waals surface area contributed by atoms with Crippen molar-refractivity contribution in [1.29, 1.82) is 0 Å². The van der Waals surface area contributed by atoms with Crippen LogP contribution in [0.3, 0.4) is 0 Å². The van der Waals surface area contributed by atoms with Gasteiger partial charge in [0.2, 0.25) is 0 Å². The van der Waals surface area contributed by atoms with E-state index in [2.05, 4.69) is 10.6 Å². The van der Waals surface area contributed by atoms with Gasteiger partial charge in [0.15, 0.2) is 5.76 Å². The highest BCUT2D eigenvalue weighted by Crippen LogP contribution is 1.98. The second-order valence-electron chi connectivity index (χ2n) is 2.71. The van der Waals surface area contributed by atoms with Crippen LogP contribution in [-0.4, -0.2) is 37.3 Å². The Bertz CT molecular complexity index is 259. The van der Waals surface area contributed by atoms with Gasteiger partial charge in [-0.05, 0) is 12.1 Å². The average molecular weight is 198 g/mol. The summed E-state index contributed by atoms with van der Waals surface area (Å²) >= 11 is 0. The van der Waals surface area contributed by atoms with Crippen LogP contribution in [0.5, 0.6) is 0 Å². The van der Waals surface area contributed by atoms with Crippen molar-refractivity contribution in [3.05, 3.63) is 24.2 Å². The lowest BCUT2D eigenvalue weighted by Gasteiger charge is -2.03. The van der Waals surface area contributed by atoms with E-state index in [0.717, 1.165) is 0 Å². The molecule has 3 N–H and O–H groups in total. The zero-order valence-electron chi connectivity index (χ0n) is 7.82. The SMILES string of the molecule is O=C(NCCNCCO)c1ccco1. The van der Waals surface area contributed by atoms with E-state index in [1.54, 1.807) is 12.1 Å². The predicted octanol–water partition coefficient (Wildman–Crippen LogP) is -0.409. The van der Waals surface area contributed by atoms with Gasteiger partial charge in [-0.2, -0.15) is 0 Å². The Hall–Kier alpha value is -1.33. The van der Waals surface area contributed by atoms with E-state index in [1.807, 2.05) is 0 Å². The summed E-state index contributed by atoms with van der Waals surface area (Å²) in [6.07, 6.45) is 1.46. The number of amides is 1. The Morgan fingerprint density at radius 2 is 2.29 bits per heavy atom. The van der Waals surface area contributed by atoms with Crippen molar-refractivity contribution in [1.82, 2.24) is 10.6 Å². The Kier molecular flexibility index (Phi) is 4.74. The lowest BCUT2D eigenvalue weighted by atomic mass is 10.4. The lowest BCUT2D eigenvalue weighted by Crippen LogP contribution is -2.32. The van der Waals surface area contributed by atoms with E-state index in [-0.39, 0.29) is 12.5 Å². The van der Waals surface area contributed by atoms with Gasteiger partial charge >= 0.3 is 0 Å². The van der Waals surface area contributed by atoms with Gasteiger partial charge in [0.25, 0.3) is 5.91 Å². The van der Waals surface area contributed by atoms with Gasteiger partial charge in [0.05, 0.1) is 12.9 Å². The van der Waals surface area contributed by atoms with Crippen molar-refractivity contribution in [2.24, 2.45) is 0 Å². The summed E-state index contributed by atoms with van der Waals surface area (Å²) in [7, 11) is 0. The molecule has 0 bridgehead atoms. The summed E-state index contributed by atoms with van der Waals surface area (Å²) < 4.78 is 4.90. The first-order valence-corrected chi connectivity index (χ1v) is 4.48. The second kappa shape index (κ2) is 6.17. The van der Waals surface area contributed by atoms with Crippen LogP contribution in [0.15, 0.2) is 22.8 Å². The number of aliphatic hydroxyl groups excluding tert-OH is 1. The minimum absolute atomic E-state index is 0.103. The average Bonchev–Trinajstić information content (AvgIpc) is 2.70. The Labute approximate surface area is 82.1 Å². The molecule has 1 amide bonds. The molecule has 0 aliphatic heterocycles. The minimum atomic E-state index is -0.221. The number of hydrogen-bond acceptors (Lipinski definition) is 4. The van der Waals surface area contributed by atoms with Crippen LogP contribution in [0.4, 0.5) is 0 Å². The van der Waals surface area contributed by atoms with Crippen molar-refractivity contribution in [3.8, 4) is 0 Å². The molecule has 5 heteroatoms. The van der Waals surface area contributed by atoms with E-state index < -0.39 is 0 Å². The molecule has 0 aromatic carbocycles. The van der Waals surface area contributed by atoms with Gasteiger partial charge in [-0.15, -0.1) is 0 Å². The number of carbonyl (C=O) groups excluding carboxylic acids is 1. The monoisotopic (exact) mass is 198 g/mol. The molecular formula is C9H14N2O3. The zero-order valence-corrected chi connectivity index (χ0v) is 7.82. The fourth-order valence-electron chi connectivity index (χ4n) is 0.963. The van der Waals surface area contributed by atoms with Crippen LogP contribution in [0.1, 0.15) is 10.6 Å². The number of aliphatic hydroxyl groups is 1. The third-order valence-electron chi connectivity index (χ3n) is 1.62. The molecular weight excluding hydrogens is 184 g/mol. The Morgan fingerprint density at radius 3 is 2.93 bits per heavy atom. The number of carbonyl (C=O) groups is 1. The van der Waals surface area contributed by atoms with Crippen molar-refractivity contribution >= 4 is 5.91 Å². The van der Waals surface area contributed by atoms with E-state index in [0.29, 0.717) is 25.4 Å². The normalized spacial score (nSPS) is 10.1. The second-order valence-corrected chi connectivity index (χ2v) is 2.71. The standard InChI is InChI=1S/C9H14N2O3/c12-6-5-10-3-4-11-9(13)8-2-1-7-14-8/h1-2,7,10,12H,3-6H2,(H,11,13). The van der Waals surface area contributed by atoms with Crippen molar-refractivity contribution < 1.29 is 14.3 Å². The van der Waals surface area contributed by atoms with Crippen LogP contribution in [0, 0.1) is 0 Å². The molecule has 0 spiro atoms. The molecule has 14 heavy (non-hydrogen) atoms. The molecule has 78 valence electrons. The zero-order chi connectivity index (χ0) is 10.2. The molecule has 0 fully saturated rings. The smallest absolute Gasteiger partial charge is 0.287 e. The van der Waals surface area contributed by atoms with Gasteiger partial charge in [-0.1, -0.05) is 0 Å². The van der Waals surface area contributed by atoms with E-state index in [4.69, 9.17) is 9.52 Å². The van der Waals surface area contributed by atoms with Crippen LogP contribution in [-0.2, 0) is 0 Å². The molecule has 0 unspecified atom stereocenters. The van der Waals surface area contributed by atoms with Crippen molar-refractivity contribution in [2.45, 2.75) is 0 Å². The van der Waals surface area contributed by atoms with Crippen molar-refractivity contribution in [3.63, 3.8) is 0 Å². The fourth-order valence-corrected chi connectivity index (χ4v) is 0.963. The first kappa shape index (κ1) is 10.7. The maximum Gasteiger partial charge on any atom is 0.287 e. The molecule has 0 aliphatic rings. The summed E-state index contributed by atoms with van der Waals surface area (Å²) in [5, 5.41) is 14.1. The summed E-state index contributed by atoms with van der Waals surface area (Å²) in [4.78, 5) is 11.3. The third-order valence-corrected chi connectivity index (χ3v) is 1.62. The maximum atomic E-state index is 11.3. The number of hydrogen-bond donors (Lipinski definition) is 3. The van der Waals surface area contributed by atoms with Crippen LogP contribution in [0.2, 0.25) is 0 Å². The van der Waals surface area contributed by atoms with Crippen molar-refractivity contribution in [2.75, 3.05) is 26.2 Å². The summed E-state index contributed by atoms with van der Waals surface area (Å²) in [5.41, 5.74) is 0. The molecule has 0 aliphatic carbocycles. The van der Waals surface area contributed by atoms with Crippen LogP contribution >= 0.6 is 0 Å². The van der Waals surface area contributed by atoms with Gasteiger partial charge in [0, 0.05) is 19.6 Å². The first-order valence-electron chi connectivity index (χ1n) is 4.48. The molecule has 1 heterocycles. The molecule has 1 aromatic heterocycles. The molecule has 0 saturated heterocycles. The van der Waals surface area contributed by atoms with Gasteiger partial charge < -0.3 is 20.2 Å². The summed E-state index contributed by atoms with van der Waals surface area (Å²) in [5.74, 6) is 0.0907. The maximum absolute atomic E-state index is 11.3. The number of furan rings is 1. The van der Waals surface area contributed by atoms with E-state index in [1.165, 1.54) is 6.26 Å². The Balaban J connectivity index is 2.10. The van der Waals surface area contributed by atoms with E-state index >= 15 is 0 Å². The first-order chi connectivity index (χ1) is 6.84. The third kappa shape index (κ3) is 3.59. The predicted molar refractivity (Wildman–Crippen MR) is 51.0 cm³/mol. The highest BCUT2D eigenvalue weighted by atomic mass is 16.3. The van der Waals surface area contributed by atoms with Crippen LogP contribution < -0.4 is 10.6 Å². The summed E-state index contributed by atoms with van der Waals surface area (Å²) in [6.45, 7) is 1.79. The quantitative estimate of drug-likeness (QED) is 0.543. The number of rotatable bonds is 6. The fraction of sp³-hybridized carbons (Fsp3) is 0.444. The van der Waals surface area contributed by atoms with Gasteiger partial charge in [0.1, 0.15) is 0 Å². The molecule has 1 aromatic rings. The topological polar surface area (TPSA) is 74.5 Å². The minimum Gasteiger partial charge on any atom is -0.459 e. The highest BCUT2D eigenvalue weighted by Gasteiger charge is 2.05. The molecule has 0 atom stereocenters. The van der Waals surface area contributed by atoms with Gasteiger partial charge in [-0.25, -0.2) is 0 Å². The lowest BCUT2D eigenvalue weighted by molar-refractivity contribution is 0.0926. The Morgan fingerprint density at radius 1 is 1.43 bits per heavy atom.